The SMILES string of the molecule is CC(C)C(=O)c1ccn(Cc2ccccc2C#N)c1. The lowest BCUT2D eigenvalue weighted by Crippen LogP contribution is -2.06. The van der Waals surface area contributed by atoms with Crippen LogP contribution in [0.3, 0.4) is 0 Å². The molecule has 0 aliphatic heterocycles. The molecule has 0 aliphatic rings. The fourth-order valence-electron chi connectivity index (χ4n) is 1.98. The van der Waals surface area contributed by atoms with E-state index in [4.69, 9.17) is 5.26 Å². The van der Waals surface area contributed by atoms with Crippen LogP contribution >= 0.6 is 0 Å². The second kappa shape index (κ2) is 5.53. The summed E-state index contributed by atoms with van der Waals surface area (Å²) < 4.78 is 1.94. The normalized spacial score (nSPS) is 10.4. The monoisotopic (exact) mass is 252 g/mol. The molecule has 0 spiro atoms. The first kappa shape index (κ1) is 13.1. The van der Waals surface area contributed by atoms with Gasteiger partial charge in [0.1, 0.15) is 0 Å². The zero-order chi connectivity index (χ0) is 13.8. The van der Waals surface area contributed by atoms with Gasteiger partial charge in [-0.15, -0.1) is 0 Å². The third-order valence-corrected chi connectivity index (χ3v) is 3.05. The number of rotatable bonds is 4. The van der Waals surface area contributed by atoms with Crippen LogP contribution in [0.2, 0.25) is 0 Å². The largest absolute Gasteiger partial charge is 0.349 e. The van der Waals surface area contributed by atoms with Crippen molar-refractivity contribution in [2.24, 2.45) is 5.92 Å². The van der Waals surface area contributed by atoms with Crippen LogP contribution in [0.4, 0.5) is 0 Å². The highest BCUT2D eigenvalue weighted by molar-refractivity contribution is 5.97. The van der Waals surface area contributed by atoms with Crippen LogP contribution in [0, 0.1) is 17.2 Å². The minimum absolute atomic E-state index is 0.00208. The zero-order valence-corrected chi connectivity index (χ0v) is 11.1. The summed E-state index contributed by atoms with van der Waals surface area (Å²) in [5.74, 6) is 0.148. The van der Waals surface area contributed by atoms with Crippen LogP contribution in [0.15, 0.2) is 42.7 Å². The Labute approximate surface area is 113 Å². The van der Waals surface area contributed by atoms with E-state index in [1.54, 1.807) is 6.07 Å². The van der Waals surface area contributed by atoms with Crippen LogP contribution in [-0.4, -0.2) is 10.4 Å². The average Bonchev–Trinajstić information content (AvgIpc) is 2.87. The molecule has 3 heteroatoms. The second-order valence-electron chi connectivity index (χ2n) is 4.86. The van der Waals surface area contributed by atoms with E-state index in [-0.39, 0.29) is 11.7 Å². The molecule has 1 heterocycles. The third kappa shape index (κ3) is 2.92. The van der Waals surface area contributed by atoms with E-state index in [0.29, 0.717) is 12.1 Å². The minimum atomic E-state index is 0.00208. The fourth-order valence-corrected chi connectivity index (χ4v) is 1.98. The first-order valence-electron chi connectivity index (χ1n) is 6.30. The van der Waals surface area contributed by atoms with E-state index >= 15 is 0 Å². The second-order valence-corrected chi connectivity index (χ2v) is 4.86. The van der Waals surface area contributed by atoms with Gasteiger partial charge in [-0.1, -0.05) is 32.0 Å². The standard InChI is InChI=1S/C16H16N2O/c1-12(2)16(19)15-7-8-18(11-15)10-14-6-4-3-5-13(14)9-17/h3-8,11-12H,10H2,1-2H3. The molecule has 0 saturated heterocycles. The number of benzene rings is 1. The fraction of sp³-hybridized carbons (Fsp3) is 0.250. The number of nitriles is 1. The number of aromatic nitrogens is 1. The third-order valence-electron chi connectivity index (χ3n) is 3.05. The predicted octanol–water partition coefficient (Wildman–Crippen LogP) is 3.25. The first-order chi connectivity index (χ1) is 9.11. The van der Waals surface area contributed by atoms with E-state index in [9.17, 15) is 4.79 Å². The molecule has 0 amide bonds. The quantitative estimate of drug-likeness (QED) is 0.784. The van der Waals surface area contributed by atoms with Crippen molar-refractivity contribution in [1.82, 2.24) is 4.57 Å². The van der Waals surface area contributed by atoms with Crippen molar-refractivity contribution in [1.29, 1.82) is 5.26 Å². The summed E-state index contributed by atoms with van der Waals surface area (Å²) in [5, 5.41) is 9.05. The van der Waals surface area contributed by atoms with Crippen LogP contribution in [0.1, 0.15) is 35.3 Å². The van der Waals surface area contributed by atoms with E-state index in [1.165, 1.54) is 0 Å². The van der Waals surface area contributed by atoms with Gasteiger partial charge in [-0.2, -0.15) is 5.26 Å². The smallest absolute Gasteiger partial charge is 0.166 e. The Kier molecular flexibility index (Phi) is 3.82. The molecule has 96 valence electrons. The Balaban J connectivity index is 2.21. The number of ketones is 1. The molecule has 2 aromatic rings. The summed E-state index contributed by atoms with van der Waals surface area (Å²) in [6.45, 7) is 4.39. The number of hydrogen-bond acceptors (Lipinski definition) is 2. The average molecular weight is 252 g/mol. The van der Waals surface area contributed by atoms with Crippen LogP contribution < -0.4 is 0 Å². The van der Waals surface area contributed by atoms with Crippen molar-refractivity contribution in [2.75, 3.05) is 0 Å². The number of carbonyl (C=O) groups is 1. The number of nitrogens with zero attached hydrogens (tertiary/aromatic N) is 2. The molecule has 0 saturated carbocycles. The molecule has 19 heavy (non-hydrogen) atoms. The van der Waals surface area contributed by atoms with E-state index in [1.807, 2.05) is 55.1 Å². The van der Waals surface area contributed by atoms with Gasteiger partial charge in [0.25, 0.3) is 0 Å². The summed E-state index contributed by atoms with van der Waals surface area (Å²) in [5.41, 5.74) is 2.36. The zero-order valence-electron chi connectivity index (χ0n) is 11.1. The summed E-state index contributed by atoms with van der Waals surface area (Å²) in [4.78, 5) is 11.9. The molecule has 0 aliphatic carbocycles. The van der Waals surface area contributed by atoms with Crippen molar-refractivity contribution in [2.45, 2.75) is 20.4 Å². The van der Waals surface area contributed by atoms with Crippen LogP contribution in [0.5, 0.6) is 0 Å². The maximum absolute atomic E-state index is 11.9. The van der Waals surface area contributed by atoms with Gasteiger partial charge in [-0.3, -0.25) is 4.79 Å². The molecule has 0 radical (unpaired) electrons. The van der Waals surface area contributed by atoms with Crippen molar-refractivity contribution < 1.29 is 4.79 Å². The summed E-state index contributed by atoms with van der Waals surface area (Å²) in [7, 11) is 0. The topological polar surface area (TPSA) is 45.8 Å². The molecule has 0 bridgehead atoms. The molecule has 0 atom stereocenters. The molecule has 3 nitrogen and oxygen atoms in total. The number of Topliss-reactive ketones (excluding diaryl/α,β-unsaturated/α-hetero) is 1. The Morgan fingerprint density at radius 2 is 2.05 bits per heavy atom. The first-order valence-corrected chi connectivity index (χ1v) is 6.30. The minimum Gasteiger partial charge on any atom is -0.349 e. The molecule has 0 N–H and O–H groups in total. The molecule has 1 aromatic carbocycles. The molecule has 0 fully saturated rings. The molecule has 1 aromatic heterocycles. The highest BCUT2D eigenvalue weighted by Gasteiger charge is 2.11. The number of hydrogen-bond donors (Lipinski definition) is 0. The van der Waals surface area contributed by atoms with Crippen molar-refractivity contribution in [3.8, 4) is 6.07 Å². The predicted molar refractivity (Wildman–Crippen MR) is 73.9 cm³/mol. The van der Waals surface area contributed by atoms with Gasteiger partial charge in [-0.25, -0.2) is 0 Å². The highest BCUT2D eigenvalue weighted by Crippen LogP contribution is 2.13. The molecular weight excluding hydrogens is 236 g/mol. The van der Waals surface area contributed by atoms with E-state index in [2.05, 4.69) is 6.07 Å². The Morgan fingerprint density at radius 1 is 1.32 bits per heavy atom. The van der Waals surface area contributed by atoms with E-state index < -0.39 is 0 Å². The Hall–Kier alpha value is -2.34. The van der Waals surface area contributed by atoms with Gasteiger partial charge < -0.3 is 4.57 Å². The van der Waals surface area contributed by atoms with Crippen molar-refractivity contribution >= 4 is 5.78 Å². The summed E-state index contributed by atoms with van der Waals surface area (Å²) >= 11 is 0. The van der Waals surface area contributed by atoms with Gasteiger partial charge >= 0.3 is 0 Å². The Morgan fingerprint density at radius 3 is 2.74 bits per heavy atom. The van der Waals surface area contributed by atoms with Gasteiger partial charge in [-0.05, 0) is 17.7 Å². The van der Waals surface area contributed by atoms with Gasteiger partial charge in [0.05, 0.1) is 11.6 Å². The maximum Gasteiger partial charge on any atom is 0.166 e. The van der Waals surface area contributed by atoms with Gasteiger partial charge in [0.15, 0.2) is 5.78 Å². The van der Waals surface area contributed by atoms with Crippen LogP contribution in [-0.2, 0) is 6.54 Å². The molecule has 2 rings (SSSR count). The van der Waals surface area contributed by atoms with Gasteiger partial charge in [0.2, 0.25) is 0 Å². The number of carbonyl (C=O) groups excluding carboxylic acids is 1. The lowest BCUT2D eigenvalue weighted by atomic mass is 10.0. The summed E-state index contributed by atoms with van der Waals surface area (Å²) in [6, 6.07) is 11.5. The van der Waals surface area contributed by atoms with Crippen LogP contribution in [0.25, 0.3) is 0 Å². The molecular formula is C16H16N2O. The molecule has 0 unspecified atom stereocenters. The summed E-state index contributed by atoms with van der Waals surface area (Å²) in [6.07, 6.45) is 3.72. The lowest BCUT2D eigenvalue weighted by Gasteiger charge is -2.05. The Bertz CT molecular complexity index is 632. The van der Waals surface area contributed by atoms with Crippen molar-refractivity contribution in [3.63, 3.8) is 0 Å². The van der Waals surface area contributed by atoms with Gasteiger partial charge in [0, 0.05) is 30.4 Å². The maximum atomic E-state index is 11.9. The highest BCUT2D eigenvalue weighted by atomic mass is 16.1. The lowest BCUT2D eigenvalue weighted by molar-refractivity contribution is 0.0939. The van der Waals surface area contributed by atoms with Crippen molar-refractivity contribution in [3.05, 3.63) is 59.4 Å². The van der Waals surface area contributed by atoms with E-state index in [0.717, 1.165) is 11.1 Å².